The third kappa shape index (κ3) is 5.01. The molecule has 0 aromatic rings. The predicted octanol–water partition coefficient (Wildman–Crippen LogP) is 2.53. The van der Waals surface area contributed by atoms with Crippen molar-refractivity contribution in [2.24, 2.45) is 5.92 Å². The van der Waals surface area contributed by atoms with Crippen molar-refractivity contribution in [1.82, 2.24) is 10.2 Å². The van der Waals surface area contributed by atoms with Crippen LogP contribution >= 0.6 is 0 Å². The molecule has 5 nitrogen and oxygen atoms in total. The van der Waals surface area contributed by atoms with Gasteiger partial charge in [-0.1, -0.05) is 13.8 Å². The molecule has 1 fully saturated rings. The highest BCUT2D eigenvalue weighted by Gasteiger charge is 2.38. The quantitative estimate of drug-likeness (QED) is 0.863. The number of likely N-dealkylation sites (tertiary alicyclic amines) is 1. The molecule has 114 valence electrons. The Labute approximate surface area is 122 Å². The summed E-state index contributed by atoms with van der Waals surface area (Å²) in [7, 11) is 0. The van der Waals surface area contributed by atoms with Crippen molar-refractivity contribution >= 4 is 6.09 Å². The summed E-state index contributed by atoms with van der Waals surface area (Å²) in [5.74, 6) is 0.470. The van der Waals surface area contributed by atoms with E-state index in [1.165, 1.54) is 0 Å². The lowest BCUT2D eigenvalue weighted by molar-refractivity contribution is 0.0149. The zero-order chi connectivity index (χ0) is 15.4. The Morgan fingerprint density at radius 3 is 2.65 bits per heavy atom. The molecule has 0 aliphatic carbocycles. The van der Waals surface area contributed by atoms with Gasteiger partial charge >= 0.3 is 6.09 Å². The van der Waals surface area contributed by atoms with Gasteiger partial charge in [0.25, 0.3) is 0 Å². The first-order chi connectivity index (χ1) is 9.17. The molecule has 0 radical (unpaired) electrons. The lowest BCUT2D eigenvalue weighted by Gasteiger charge is -2.39. The van der Waals surface area contributed by atoms with Crippen LogP contribution in [-0.4, -0.2) is 41.8 Å². The summed E-state index contributed by atoms with van der Waals surface area (Å²) in [6, 6.07) is 2.36. The van der Waals surface area contributed by atoms with Gasteiger partial charge in [-0.3, -0.25) is 5.32 Å². The Kier molecular flexibility index (Phi) is 5.41. The highest BCUT2D eigenvalue weighted by atomic mass is 16.6. The van der Waals surface area contributed by atoms with Crippen LogP contribution in [0.1, 0.15) is 47.5 Å². The fourth-order valence-electron chi connectivity index (χ4n) is 2.21. The lowest BCUT2D eigenvalue weighted by Crippen LogP contribution is -2.58. The van der Waals surface area contributed by atoms with E-state index >= 15 is 0 Å². The van der Waals surface area contributed by atoms with Crippen molar-refractivity contribution in [3.8, 4) is 6.07 Å². The van der Waals surface area contributed by atoms with Crippen LogP contribution in [0.2, 0.25) is 0 Å². The number of hydrogen-bond acceptors (Lipinski definition) is 4. The zero-order valence-corrected chi connectivity index (χ0v) is 13.3. The molecule has 20 heavy (non-hydrogen) atoms. The maximum absolute atomic E-state index is 12.1. The van der Waals surface area contributed by atoms with Gasteiger partial charge in [0.15, 0.2) is 0 Å². The number of ether oxygens (including phenoxy) is 1. The molecule has 1 rings (SSSR count). The van der Waals surface area contributed by atoms with Crippen LogP contribution in [0, 0.1) is 17.2 Å². The fourth-order valence-corrected chi connectivity index (χ4v) is 2.21. The molecule has 0 bridgehead atoms. The Bertz CT molecular complexity index is 382. The number of nitrogens with zero attached hydrogens (tertiary/aromatic N) is 2. The number of piperidine rings is 1. The molecular formula is C15H27N3O2. The van der Waals surface area contributed by atoms with Gasteiger partial charge < -0.3 is 9.64 Å². The number of hydrogen-bond donors (Lipinski definition) is 1. The first-order valence-electron chi connectivity index (χ1n) is 7.32. The molecule has 0 spiro atoms. The number of amides is 1. The number of rotatable bonds is 3. The van der Waals surface area contributed by atoms with E-state index in [9.17, 15) is 10.1 Å². The Balaban J connectivity index is 2.69. The van der Waals surface area contributed by atoms with Gasteiger partial charge in [0.05, 0.1) is 12.6 Å². The van der Waals surface area contributed by atoms with E-state index in [4.69, 9.17) is 4.74 Å². The van der Waals surface area contributed by atoms with Crippen LogP contribution in [0.5, 0.6) is 0 Å². The van der Waals surface area contributed by atoms with E-state index in [0.717, 1.165) is 19.4 Å². The van der Waals surface area contributed by atoms with Gasteiger partial charge in [-0.2, -0.15) is 5.26 Å². The molecule has 1 atom stereocenters. The summed E-state index contributed by atoms with van der Waals surface area (Å²) in [6.07, 6.45) is 1.26. The van der Waals surface area contributed by atoms with Crippen molar-refractivity contribution < 1.29 is 9.53 Å². The Morgan fingerprint density at radius 2 is 2.15 bits per heavy atom. The molecule has 1 aliphatic rings. The molecule has 5 heteroatoms. The van der Waals surface area contributed by atoms with Crippen LogP contribution < -0.4 is 5.32 Å². The van der Waals surface area contributed by atoms with Crippen molar-refractivity contribution in [2.45, 2.75) is 58.6 Å². The maximum Gasteiger partial charge on any atom is 0.410 e. The van der Waals surface area contributed by atoms with E-state index in [2.05, 4.69) is 25.2 Å². The van der Waals surface area contributed by atoms with Gasteiger partial charge in [0.1, 0.15) is 11.1 Å². The van der Waals surface area contributed by atoms with Crippen molar-refractivity contribution in [3.63, 3.8) is 0 Å². The normalized spacial score (nSPS) is 23.6. The topological polar surface area (TPSA) is 65.4 Å². The average Bonchev–Trinajstić information content (AvgIpc) is 2.34. The van der Waals surface area contributed by atoms with Crippen LogP contribution in [0.4, 0.5) is 4.79 Å². The minimum Gasteiger partial charge on any atom is -0.444 e. The number of carbonyl (C=O) groups is 1. The zero-order valence-electron chi connectivity index (χ0n) is 13.3. The largest absolute Gasteiger partial charge is 0.444 e. The minimum atomic E-state index is -0.639. The monoisotopic (exact) mass is 281 g/mol. The van der Waals surface area contributed by atoms with E-state index in [-0.39, 0.29) is 6.09 Å². The second kappa shape index (κ2) is 6.45. The van der Waals surface area contributed by atoms with Gasteiger partial charge in [-0.05, 0) is 46.1 Å². The van der Waals surface area contributed by atoms with Crippen molar-refractivity contribution in [2.75, 3.05) is 19.6 Å². The van der Waals surface area contributed by atoms with Gasteiger partial charge in [0.2, 0.25) is 0 Å². The standard InChI is InChI=1S/C15H27N3O2/c1-12(2)9-17-15(10-16)7-6-8-18(11-15)13(19)20-14(3,4)5/h12,17H,6-9,11H2,1-5H3. The molecule has 1 heterocycles. The molecule has 1 saturated heterocycles. The molecule has 1 amide bonds. The average molecular weight is 281 g/mol. The molecule has 0 aromatic heterocycles. The van der Waals surface area contributed by atoms with Crippen LogP contribution in [0.15, 0.2) is 0 Å². The first-order valence-corrected chi connectivity index (χ1v) is 7.32. The number of nitriles is 1. The highest BCUT2D eigenvalue weighted by Crippen LogP contribution is 2.22. The van der Waals surface area contributed by atoms with E-state index in [0.29, 0.717) is 19.0 Å². The summed E-state index contributed by atoms with van der Waals surface area (Å²) < 4.78 is 5.39. The Morgan fingerprint density at radius 1 is 1.50 bits per heavy atom. The van der Waals surface area contributed by atoms with E-state index < -0.39 is 11.1 Å². The highest BCUT2D eigenvalue weighted by molar-refractivity contribution is 5.68. The molecular weight excluding hydrogens is 254 g/mol. The molecule has 0 aromatic carbocycles. The maximum atomic E-state index is 12.1. The minimum absolute atomic E-state index is 0.330. The molecule has 1 unspecified atom stereocenters. The summed E-state index contributed by atoms with van der Waals surface area (Å²) in [5, 5.41) is 12.8. The van der Waals surface area contributed by atoms with Gasteiger partial charge in [-0.15, -0.1) is 0 Å². The van der Waals surface area contributed by atoms with E-state index in [1.54, 1.807) is 4.90 Å². The van der Waals surface area contributed by atoms with Crippen LogP contribution in [0.3, 0.4) is 0 Å². The lowest BCUT2D eigenvalue weighted by atomic mass is 9.90. The first kappa shape index (κ1) is 16.8. The smallest absolute Gasteiger partial charge is 0.410 e. The summed E-state index contributed by atoms with van der Waals surface area (Å²) >= 11 is 0. The second-order valence-electron chi connectivity index (χ2n) is 6.97. The van der Waals surface area contributed by atoms with Crippen molar-refractivity contribution in [3.05, 3.63) is 0 Å². The van der Waals surface area contributed by atoms with Crippen LogP contribution in [-0.2, 0) is 4.74 Å². The molecule has 1 aliphatic heterocycles. The number of carbonyl (C=O) groups excluding carboxylic acids is 1. The predicted molar refractivity (Wildman–Crippen MR) is 78.2 cm³/mol. The summed E-state index contributed by atoms with van der Waals surface area (Å²) in [5.41, 5.74) is -1.14. The van der Waals surface area contributed by atoms with E-state index in [1.807, 2.05) is 20.8 Å². The van der Waals surface area contributed by atoms with Crippen LogP contribution in [0.25, 0.3) is 0 Å². The third-order valence-corrected chi connectivity index (χ3v) is 3.21. The van der Waals surface area contributed by atoms with Gasteiger partial charge in [0, 0.05) is 6.54 Å². The van der Waals surface area contributed by atoms with Crippen molar-refractivity contribution in [1.29, 1.82) is 5.26 Å². The third-order valence-electron chi connectivity index (χ3n) is 3.21. The number of nitrogens with one attached hydrogen (secondary N) is 1. The molecule has 1 N–H and O–H groups in total. The summed E-state index contributed by atoms with van der Waals surface area (Å²) in [4.78, 5) is 13.8. The SMILES string of the molecule is CC(C)CNC1(C#N)CCCN(C(=O)OC(C)(C)C)C1. The fraction of sp³-hybridized carbons (Fsp3) is 0.867. The van der Waals surface area contributed by atoms with Gasteiger partial charge in [-0.25, -0.2) is 4.79 Å². The Hall–Kier alpha value is -1.28. The molecule has 0 saturated carbocycles. The second-order valence-corrected chi connectivity index (χ2v) is 6.97. The summed E-state index contributed by atoms with van der Waals surface area (Å²) in [6.45, 7) is 11.6.